The highest BCUT2D eigenvalue weighted by atomic mass is 16.1. The summed E-state index contributed by atoms with van der Waals surface area (Å²) in [5.74, 6) is 0.478. The molecule has 74 valence electrons. The van der Waals surface area contributed by atoms with E-state index in [1.807, 2.05) is 0 Å². The number of carbonyl (C=O) groups excluding carboxylic acids is 1. The molecule has 0 fully saturated rings. The maximum atomic E-state index is 11.4. The molecule has 1 unspecified atom stereocenters. The van der Waals surface area contributed by atoms with E-state index < -0.39 is 0 Å². The first-order chi connectivity index (χ1) is 6.11. The zero-order valence-electron chi connectivity index (χ0n) is 8.66. The van der Waals surface area contributed by atoms with Gasteiger partial charge in [0.05, 0.1) is 0 Å². The van der Waals surface area contributed by atoms with E-state index in [0.29, 0.717) is 5.92 Å². The van der Waals surface area contributed by atoms with Crippen molar-refractivity contribution in [3.8, 4) is 0 Å². The van der Waals surface area contributed by atoms with Gasteiger partial charge in [-0.3, -0.25) is 4.79 Å². The quantitative estimate of drug-likeness (QED) is 0.353. The van der Waals surface area contributed by atoms with Gasteiger partial charge in [0.25, 0.3) is 0 Å². The molecule has 0 radical (unpaired) electrons. The Labute approximate surface area is 79.8 Å². The summed E-state index contributed by atoms with van der Waals surface area (Å²) in [4.78, 5) is 14.1. The molecule has 0 amide bonds. The lowest BCUT2D eigenvalue weighted by atomic mass is 9.90. The summed E-state index contributed by atoms with van der Waals surface area (Å²) in [7, 11) is 0. The Morgan fingerprint density at radius 3 is 2.54 bits per heavy atom. The minimum atomic E-state index is -0.0574. The first-order valence-corrected chi connectivity index (χ1v) is 4.83. The van der Waals surface area contributed by atoms with Crippen LogP contribution in [0.1, 0.15) is 40.0 Å². The minimum absolute atomic E-state index is 0.0286. The van der Waals surface area contributed by atoms with Gasteiger partial charge >= 0.3 is 6.21 Å². The van der Waals surface area contributed by atoms with Crippen LogP contribution < -0.4 is 0 Å². The Bertz CT molecular complexity index is 205. The number of ketones is 1. The van der Waals surface area contributed by atoms with Gasteiger partial charge in [-0.1, -0.05) is 27.2 Å². The molecule has 0 aliphatic carbocycles. The van der Waals surface area contributed by atoms with Crippen LogP contribution >= 0.6 is 0 Å². The van der Waals surface area contributed by atoms with Crippen LogP contribution in [0.25, 0.3) is 5.53 Å². The van der Waals surface area contributed by atoms with Gasteiger partial charge in [-0.05, 0) is 18.8 Å². The highest BCUT2D eigenvalue weighted by Crippen LogP contribution is 2.17. The van der Waals surface area contributed by atoms with Gasteiger partial charge in [0.2, 0.25) is 5.78 Å². The molecule has 13 heavy (non-hydrogen) atoms. The Morgan fingerprint density at radius 2 is 2.15 bits per heavy atom. The van der Waals surface area contributed by atoms with E-state index in [4.69, 9.17) is 5.53 Å². The molecule has 0 N–H and O–H groups in total. The lowest BCUT2D eigenvalue weighted by Gasteiger charge is -2.12. The van der Waals surface area contributed by atoms with E-state index >= 15 is 0 Å². The molecule has 3 heteroatoms. The second-order valence-electron chi connectivity index (χ2n) is 3.76. The molecule has 0 rings (SSSR count). The molecule has 0 aliphatic rings. The molecule has 0 saturated carbocycles. The minimum Gasteiger partial charge on any atom is -0.361 e. The van der Waals surface area contributed by atoms with Crippen LogP contribution in [0, 0.1) is 11.8 Å². The average molecular weight is 182 g/mol. The van der Waals surface area contributed by atoms with Gasteiger partial charge in [-0.2, -0.15) is 4.79 Å². The smallest absolute Gasteiger partial charge is 0.323 e. The van der Waals surface area contributed by atoms with E-state index in [-0.39, 0.29) is 11.7 Å². The second-order valence-corrected chi connectivity index (χ2v) is 3.76. The molecule has 0 heterocycles. The monoisotopic (exact) mass is 182 g/mol. The normalized spacial score (nSPS) is 12.3. The molecule has 0 spiro atoms. The lowest BCUT2D eigenvalue weighted by molar-refractivity contribution is -0.120. The maximum absolute atomic E-state index is 11.4. The zero-order valence-corrected chi connectivity index (χ0v) is 8.66. The van der Waals surface area contributed by atoms with Crippen LogP contribution in [0.5, 0.6) is 0 Å². The molecule has 0 aliphatic heterocycles. The Morgan fingerprint density at radius 1 is 1.54 bits per heavy atom. The Hall–Kier alpha value is -0.950. The van der Waals surface area contributed by atoms with Crippen LogP contribution in [0.15, 0.2) is 0 Å². The number of rotatable bonds is 6. The van der Waals surface area contributed by atoms with Crippen molar-refractivity contribution in [2.24, 2.45) is 11.8 Å². The predicted octanol–water partition coefficient (Wildman–Crippen LogP) is 2.32. The SMILES string of the molecule is CCCC(CC(C)C)C(=O)C=[N+]=[N-]. The molecular weight excluding hydrogens is 164 g/mol. The summed E-state index contributed by atoms with van der Waals surface area (Å²) >= 11 is 0. The lowest BCUT2D eigenvalue weighted by Crippen LogP contribution is -2.18. The van der Waals surface area contributed by atoms with Crippen molar-refractivity contribution in [2.75, 3.05) is 0 Å². The second kappa shape index (κ2) is 6.55. The summed E-state index contributed by atoms with van der Waals surface area (Å²) in [6.07, 6.45) is 3.76. The number of carbonyl (C=O) groups is 1. The maximum Gasteiger partial charge on any atom is 0.323 e. The predicted molar refractivity (Wildman–Crippen MR) is 52.5 cm³/mol. The van der Waals surface area contributed by atoms with E-state index in [0.717, 1.165) is 25.5 Å². The van der Waals surface area contributed by atoms with Gasteiger partial charge in [-0.25, -0.2) is 0 Å². The van der Waals surface area contributed by atoms with Gasteiger partial charge in [0.1, 0.15) is 0 Å². The average Bonchev–Trinajstić information content (AvgIpc) is 2.03. The first-order valence-electron chi connectivity index (χ1n) is 4.83. The first kappa shape index (κ1) is 12.0. The molecule has 1 atom stereocenters. The van der Waals surface area contributed by atoms with Crippen molar-refractivity contribution in [3.05, 3.63) is 5.53 Å². The Kier molecular flexibility index (Phi) is 6.07. The van der Waals surface area contributed by atoms with Gasteiger partial charge in [0, 0.05) is 5.92 Å². The van der Waals surface area contributed by atoms with Crippen molar-refractivity contribution in [1.29, 1.82) is 0 Å². The fourth-order valence-corrected chi connectivity index (χ4v) is 1.46. The Balaban J connectivity index is 4.22. The summed E-state index contributed by atoms with van der Waals surface area (Å²) in [5.41, 5.74) is 8.24. The highest BCUT2D eigenvalue weighted by molar-refractivity contribution is 6.26. The third-order valence-corrected chi connectivity index (χ3v) is 1.98. The van der Waals surface area contributed by atoms with Crippen LogP contribution in [-0.4, -0.2) is 16.8 Å². The van der Waals surface area contributed by atoms with E-state index in [1.165, 1.54) is 0 Å². The topological polar surface area (TPSA) is 53.5 Å². The highest BCUT2D eigenvalue weighted by Gasteiger charge is 2.19. The summed E-state index contributed by atoms with van der Waals surface area (Å²) < 4.78 is 0. The van der Waals surface area contributed by atoms with E-state index in [9.17, 15) is 4.79 Å². The summed E-state index contributed by atoms with van der Waals surface area (Å²) in [6.45, 7) is 6.23. The van der Waals surface area contributed by atoms with Crippen LogP contribution in [0.4, 0.5) is 0 Å². The van der Waals surface area contributed by atoms with Crippen molar-refractivity contribution >= 4 is 12.0 Å². The summed E-state index contributed by atoms with van der Waals surface area (Å²) in [5, 5.41) is 0. The zero-order chi connectivity index (χ0) is 10.3. The van der Waals surface area contributed by atoms with Crippen LogP contribution in [-0.2, 0) is 4.79 Å². The van der Waals surface area contributed by atoms with Crippen molar-refractivity contribution in [2.45, 2.75) is 40.0 Å². The fourth-order valence-electron chi connectivity index (χ4n) is 1.46. The van der Waals surface area contributed by atoms with Gasteiger partial charge < -0.3 is 5.53 Å². The number of Topliss-reactive ketones (excluding diaryl/α,β-unsaturated/α-hetero) is 1. The van der Waals surface area contributed by atoms with E-state index in [2.05, 4.69) is 25.6 Å². The number of nitrogens with zero attached hydrogens (tertiary/aromatic N) is 2. The van der Waals surface area contributed by atoms with Gasteiger partial charge in [0.15, 0.2) is 0 Å². The van der Waals surface area contributed by atoms with Crippen LogP contribution in [0.3, 0.4) is 0 Å². The van der Waals surface area contributed by atoms with Crippen LogP contribution in [0.2, 0.25) is 0 Å². The van der Waals surface area contributed by atoms with E-state index in [1.54, 1.807) is 0 Å². The molecule has 0 aromatic carbocycles. The third-order valence-electron chi connectivity index (χ3n) is 1.98. The summed E-state index contributed by atoms with van der Waals surface area (Å²) in [6, 6.07) is 0. The molecule has 0 saturated heterocycles. The third kappa shape index (κ3) is 5.31. The van der Waals surface area contributed by atoms with Gasteiger partial charge in [-0.15, -0.1) is 0 Å². The molecule has 0 bridgehead atoms. The number of hydrogen-bond donors (Lipinski definition) is 0. The molecular formula is C10H18N2O. The van der Waals surface area contributed by atoms with Crippen molar-refractivity contribution in [3.63, 3.8) is 0 Å². The molecule has 0 aromatic rings. The van der Waals surface area contributed by atoms with Crippen molar-refractivity contribution in [1.82, 2.24) is 0 Å². The standard InChI is InChI=1S/C10H18N2O/c1-4-5-9(6-8(2)3)10(13)7-12-11/h7-9H,4-6H2,1-3H3. The largest absolute Gasteiger partial charge is 0.361 e. The fraction of sp³-hybridized carbons (Fsp3) is 0.800. The molecule has 3 nitrogen and oxygen atoms in total. The molecule has 0 aromatic heterocycles. The number of hydrogen-bond acceptors (Lipinski definition) is 1. The van der Waals surface area contributed by atoms with Crippen molar-refractivity contribution < 1.29 is 9.58 Å².